The predicted octanol–water partition coefficient (Wildman–Crippen LogP) is -6.31. The van der Waals surface area contributed by atoms with Gasteiger partial charge in [-0.05, 0) is 0 Å². The van der Waals surface area contributed by atoms with Crippen LogP contribution in [0.1, 0.15) is 23.6 Å². The first-order chi connectivity index (χ1) is 7.29. The summed E-state index contributed by atoms with van der Waals surface area (Å²) in [5.74, 6) is 0. The average molecular weight is 295 g/mol. The third kappa shape index (κ3) is 4.68. The third-order valence-electron chi connectivity index (χ3n) is 3.07. The summed E-state index contributed by atoms with van der Waals surface area (Å²) in [5, 5.41) is 5.16. The summed E-state index contributed by atoms with van der Waals surface area (Å²) in [4.78, 5) is 0. The summed E-state index contributed by atoms with van der Waals surface area (Å²) < 4.78 is 0. The van der Waals surface area contributed by atoms with Gasteiger partial charge in [0.25, 0.3) is 0 Å². The normalized spacial score (nSPS) is 22.7. The first-order valence-electron chi connectivity index (χ1n) is 5.67. The fourth-order valence-corrected chi connectivity index (χ4v) is 2.56. The number of rotatable bonds is 3. The van der Waals surface area contributed by atoms with Crippen molar-refractivity contribution in [2.24, 2.45) is 0 Å². The largest absolute Gasteiger partial charge is 1.00 e. The first kappa shape index (κ1) is 17.1. The molecule has 0 aromatic heterocycles. The van der Waals surface area contributed by atoms with Gasteiger partial charge in [0, 0.05) is 17.5 Å². The molecule has 0 amide bonds. The van der Waals surface area contributed by atoms with E-state index in [-0.39, 0.29) is 24.8 Å². The fraction of sp³-hybridized carbons (Fsp3) is 0.500. The molecule has 5 heteroatoms. The van der Waals surface area contributed by atoms with Gasteiger partial charge in [0.15, 0.2) is 0 Å². The molecule has 2 nitrogen and oxygen atoms in total. The van der Waals surface area contributed by atoms with Crippen molar-refractivity contribution in [3.63, 3.8) is 0 Å². The van der Waals surface area contributed by atoms with Crippen molar-refractivity contribution in [3.8, 4) is 0 Å². The molecule has 0 spiro atoms. The zero-order valence-electron chi connectivity index (χ0n) is 9.94. The monoisotopic (exact) mass is 294 g/mol. The summed E-state index contributed by atoms with van der Waals surface area (Å²) in [6.45, 7) is 2.22. The molecule has 2 atom stereocenters. The van der Waals surface area contributed by atoms with Gasteiger partial charge in [-0.3, -0.25) is 0 Å². The lowest BCUT2D eigenvalue weighted by Crippen LogP contribution is -3.00. The second-order valence-electron chi connectivity index (χ2n) is 4.32. The van der Waals surface area contributed by atoms with Gasteiger partial charge in [-0.1, -0.05) is 24.3 Å². The second kappa shape index (κ2) is 8.22. The highest BCUT2D eigenvalue weighted by Crippen LogP contribution is 2.20. The Morgan fingerprint density at radius 1 is 1.29 bits per heavy atom. The topological polar surface area (TPSA) is 33.2 Å². The molecule has 98 valence electrons. The number of hydrogen-bond donors (Lipinski definition) is 3. The molecule has 1 aliphatic rings. The van der Waals surface area contributed by atoms with Gasteiger partial charge in [0.1, 0.15) is 12.6 Å². The quantitative estimate of drug-likeness (QED) is 0.464. The van der Waals surface area contributed by atoms with Crippen LogP contribution in [0.4, 0.5) is 0 Å². The number of quaternary nitrogens is 2. The van der Waals surface area contributed by atoms with E-state index in [1.807, 2.05) is 0 Å². The molecule has 1 aliphatic heterocycles. The number of thiol groups is 1. The van der Waals surface area contributed by atoms with Crippen LogP contribution in [0.5, 0.6) is 0 Å². The summed E-state index contributed by atoms with van der Waals surface area (Å²) in [6, 6.07) is 9.66. The summed E-state index contributed by atoms with van der Waals surface area (Å²) >= 11 is 4.52. The van der Waals surface area contributed by atoms with E-state index in [1.165, 1.54) is 17.5 Å². The maximum Gasteiger partial charge on any atom is 0.113 e. The number of hydrogen-bond acceptors (Lipinski definition) is 1. The maximum atomic E-state index is 4.52. The molecule has 0 radical (unpaired) electrons. The van der Waals surface area contributed by atoms with Crippen LogP contribution in [-0.4, -0.2) is 18.8 Å². The zero-order valence-corrected chi connectivity index (χ0v) is 12.3. The Morgan fingerprint density at radius 2 is 1.94 bits per heavy atom. The minimum Gasteiger partial charge on any atom is -1.00 e. The Labute approximate surface area is 121 Å². The number of halogens is 2. The molecule has 0 aliphatic carbocycles. The van der Waals surface area contributed by atoms with Crippen molar-refractivity contribution >= 4 is 12.6 Å². The van der Waals surface area contributed by atoms with Gasteiger partial charge in [-0.25, -0.2) is 0 Å². The van der Waals surface area contributed by atoms with Crippen LogP contribution in [0.2, 0.25) is 0 Å². The Hall–Kier alpha value is 0.0700. The Bertz CT molecular complexity index is 319. The van der Waals surface area contributed by atoms with Gasteiger partial charge in [-0.2, -0.15) is 12.6 Å². The molecule has 17 heavy (non-hydrogen) atoms. The molecule has 1 saturated heterocycles. The van der Waals surface area contributed by atoms with Crippen LogP contribution < -0.4 is 35.4 Å². The van der Waals surface area contributed by atoms with Gasteiger partial charge in [0.05, 0.1) is 18.8 Å². The van der Waals surface area contributed by atoms with E-state index >= 15 is 0 Å². The molecule has 0 unspecified atom stereocenters. The predicted molar refractivity (Wildman–Crippen MR) is 64.9 cm³/mol. The number of benzene rings is 1. The van der Waals surface area contributed by atoms with E-state index in [9.17, 15) is 0 Å². The standard InChI is InChI=1S/C12H18N2S.2ClH/c1-13-7-9-2-4-10(5-3-9)12-6-11(15)8-14-12;;/h2-5,11-15H,6-8H2,1H3;2*1H/t11-,12+;;/m0../s1. The van der Waals surface area contributed by atoms with Crippen LogP contribution in [-0.2, 0) is 6.54 Å². The molecule has 1 aromatic rings. The van der Waals surface area contributed by atoms with Gasteiger partial charge < -0.3 is 35.4 Å². The van der Waals surface area contributed by atoms with Crippen LogP contribution >= 0.6 is 12.6 Å². The number of nitrogens with two attached hydrogens (primary N) is 2. The van der Waals surface area contributed by atoms with E-state index in [4.69, 9.17) is 0 Å². The van der Waals surface area contributed by atoms with Gasteiger partial charge in [-0.15, -0.1) is 0 Å². The average Bonchev–Trinajstić information content (AvgIpc) is 2.67. The lowest BCUT2D eigenvalue weighted by atomic mass is 10.0. The van der Waals surface area contributed by atoms with E-state index in [0.717, 1.165) is 13.1 Å². The molecular weight excluding hydrogens is 275 g/mol. The molecule has 1 aromatic carbocycles. The molecule has 1 heterocycles. The molecule has 4 N–H and O–H groups in total. The zero-order chi connectivity index (χ0) is 10.7. The van der Waals surface area contributed by atoms with Crippen molar-refractivity contribution in [3.05, 3.63) is 35.4 Å². The van der Waals surface area contributed by atoms with Crippen molar-refractivity contribution in [1.82, 2.24) is 0 Å². The van der Waals surface area contributed by atoms with Gasteiger partial charge >= 0.3 is 0 Å². The van der Waals surface area contributed by atoms with Crippen molar-refractivity contribution < 1.29 is 35.4 Å². The van der Waals surface area contributed by atoms with Crippen molar-refractivity contribution in [2.75, 3.05) is 13.6 Å². The summed E-state index contributed by atoms with van der Waals surface area (Å²) in [7, 11) is 2.10. The highest BCUT2D eigenvalue weighted by Gasteiger charge is 2.26. The highest BCUT2D eigenvalue weighted by molar-refractivity contribution is 7.81. The minimum atomic E-state index is 0. The SMILES string of the molecule is C[NH2+]Cc1ccc([C@H]2C[C@H](S)C[NH2+]2)cc1.[Cl-].[Cl-]. The third-order valence-corrected chi connectivity index (χ3v) is 3.49. The molecule has 2 rings (SSSR count). The van der Waals surface area contributed by atoms with Crippen LogP contribution in [0.15, 0.2) is 24.3 Å². The van der Waals surface area contributed by atoms with E-state index in [0.29, 0.717) is 11.3 Å². The van der Waals surface area contributed by atoms with E-state index < -0.39 is 0 Å². The lowest BCUT2D eigenvalue weighted by Gasteiger charge is -2.07. The Morgan fingerprint density at radius 3 is 2.41 bits per heavy atom. The van der Waals surface area contributed by atoms with Crippen LogP contribution in [0.25, 0.3) is 0 Å². The molecular formula is C12H20Cl2N2S. The Balaban J connectivity index is 0.00000128. The minimum absolute atomic E-state index is 0. The highest BCUT2D eigenvalue weighted by atomic mass is 35.5. The van der Waals surface area contributed by atoms with Gasteiger partial charge in [0.2, 0.25) is 0 Å². The van der Waals surface area contributed by atoms with Crippen LogP contribution in [0, 0.1) is 0 Å². The van der Waals surface area contributed by atoms with Crippen molar-refractivity contribution in [2.45, 2.75) is 24.3 Å². The van der Waals surface area contributed by atoms with Crippen molar-refractivity contribution in [1.29, 1.82) is 0 Å². The summed E-state index contributed by atoms with van der Waals surface area (Å²) in [5.41, 5.74) is 2.85. The Kier molecular flexibility index (Phi) is 8.25. The lowest BCUT2D eigenvalue weighted by molar-refractivity contribution is -0.675. The maximum absolute atomic E-state index is 4.52. The van der Waals surface area contributed by atoms with Crippen LogP contribution in [0.3, 0.4) is 0 Å². The van der Waals surface area contributed by atoms with E-state index in [2.05, 4.69) is 54.6 Å². The molecule has 0 bridgehead atoms. The molecule has 1 fully saturated rings. The molecule has 0 saturated carbocycles. The smallest absolute Gasteiger partial charge is 0.113 e. The first-order valence-corrected chi connectivity index (χ1v) is 6.19. The summed E-state index contributed by atoms with van der Waals surface area (Å²) in [6.07, 6.45) is 1.20. The van der Waals surface area contributed by atoms with E-state index in [1.54, 1.807) is 0 Å². The fourth-order valence-electron chi connectivity index (χ4n) is 2.22. The second-order valence-corrected chi connectivity index (χ2v) is 5.05.